The number of hydrogen-bond donors (Lipinski definition) is 0. The van der Waals surface area contributed by atoms with E-state index in [1.807, 2.05) is 0 Å². The highest BCUT2D eigenvalue weighted by molar-refractivity contribution is 7.54. The van der Waals surface area contributed by atoms with Gasteiger partial charge >= 0.3 is 7.60 Å². The van der Waals surface area contributed by atoms with Crippen molar-refractivity contribution >= 4 is 13.4 Å². The summed E-state index contributed by atoms with van der Waals surface area (Å²) in [4.78, 5) is 11.4. The predicted molar refractivity (Wildman–Crippen MR) is 55.6 cm³/mol. The third-order valence-electron chi connectivity index (χ3n) is 1.65. The van der Waals surface area contributed by atoms with Gasteiger partial charge in [-0.25, -0.2) is 0 Å². The molecule has 0 aliphatic heterocycles. The molecular formula is C9H19O4P. The van der Waals surface area contributed by atoms with Crippen molar-refractivity contribution in [2.24, 2.45) is 5.92 Å². The highest BCUT2D eigenvalue weighted by atomic mass is 31.2. The highest BCUT2D eigenvalue weighted by Crippen LogP contribution is 2.48. The minimum atomic E-state index is -3.18. The van der Waals surface area contributed by atoms with Gasteiger partial charge in [0.2, 0.25) is 0 Å². The molecule has 0 atom stereocenters. The van der Waals surface area contributed by atoms with Crippen LogP contribution in [0.2, 0.25) is 0 Å². The second kappa shape index (κ2) is 6.33. The molecule has 0 aliphatic rings. The molecule has 0 spiro atoms. The van der Waals surface area contributed by atoms with E-state index in [-0.39, 0.29) is 17.9 Å². The molecule has 0 rings (SSSR count). The molecule has 0 heterocycles. The van der Waals surface area contributed by atoms with E-state index in [9.17, 15) is 9.36 Å². The van der Waals surface area contributed by atoms with Crippen molar-refractivity contribution in [3.63, 3.8) is 0 Å². The van der Waals surface area contributed by atoms with Gasteiger partial charge < -0.3 is 9.05 Å². The van der Waals surface area contributed by atoms with Crippen LogP contribution in [-0.4, -0.2) is 25.2 Å². The Kier molecular flexibility index (Phi) is 6.25. The van der Waals surface area contributed by atoms with E-state index in [1.54, 1.807) is 27.7 Å². The maximum absolute atomic E-state index is 11.9. The molecule has 0 aromatic carbocycles. The molecule has 0 unspecified atom stereocenters. The Morgan fingerprint density at radius 2 is 1.64 bits per heavy atom. The van der Waals surface area contributed by atoms with Gasteiger partial charge in [0.1, 0.15) is 11.9 Å². The van der Waals surface area contributed by atoms with E-state index in [0.29, 0.717) is 13.2 Å². The van der Waals surface area contributed by atoms with Crippen LogP contribution in [0.15, 0.2) is 0 Å². The lowest BCUT2D eigenvalue weighted by molar-refractivity contribution is -0.119. The van der Waals surface area contributed by atoms with Crippen LogP contribution in [0.1, 0.15) is 27.7 Å². The van der Waals surface area contributed by atoms with Crippen LogP contribution in [0.4, 0.5) is 0 Å². The zero-order valence-corrected chi connectivity index (χ0v) is 10.2. The summed E-state index contributed by atoms with van der Waals surface area (Å²) in [7, 11) is -3.18. The summed E-state index contributed by atoms with van der Waals surface area (Å²) in [5.41, 5.74) is 0. The zero-order chi connectivity index (χ0) is 11.2. The molecule has 5 heteroatoms. The zero-order valence-electron chi connectivity index (χ0n) is 9.28. The molecule has 0 aliphatic carbocycles. The first kappa shape index (κ1) is 13.8. The van der Waals surface area contributed by atoms with Crippen LogP contribution in [0.5, 0.6) is 0 Å². The SMILES string of the molecule is CCOP(=O)(CC(=O)C(C)C)OCC. The van der Waals surface area contributed by atoms with E-state index in [4.69, 9.17) is 9.05 Å². The van der Waals surface area contributed by atoms with Gasteiger partial charge in [0.15, 0.2) is 0 Å². The molecule has 0 amide bonds. The number of hydrogen-bond acceptors (Lipinski definition) is 4. The topological polar surface area (TPSA) is 52.6 Å². The van der Waals surface area contributed by atoms with E-state index < -0.39 is 7.60 Å². The molecule has 0 saturated carbocycles. The van der Waals surface area contributed by atoms with Gasteiger partial charge in [-0.15, -0.1) is 0 Å². The van der Waals surface area contributed by atoms with E-state index in [1.165, 1.54) is 0 Å². The number of carbonyl (C=O) groups is 1. The van der Waals surface area contributed by atoms with Crippen LogP contribution in [-0.2, 0) is 18.4 Å². The van der Waals surface area contributed by atoms with Crippen molar-refractivity contribution in [3.05, 3.63) is 0 Å². The van der Waals surface area contributed by atoms with E-state index >= 15 is 0 Å². The third kappa shape index (κ3) is 4.89. The van der Waals surface area contributed by atoms with E-state index in [2.05, 4.69) is 0 Å². The Hall–Kier alpha value is -0.180. The average Bonchev–Trinajstić information content (AvgIpc) is 2.04. The fourth-order valence-electron chi connectivity index (χ4n) is 0.895. The van der Waals surface area contributed by atoms with Gasteiger partial charge in [-0.2, -0.15) is 0 Å². The lowest BCUT2D eigenvalue weighted by Gasteiger charge is -2.16. The number of ketones is 1. The van der Waals surface area contributed by atoms with Crippen LogP contribution in [0.25, 0.3) is 0 Å². The lowest BCUT2D eigenvalue weighted by atomic mass is 10.1. The molecule has 0 N–H and O–H groups in total. The fraction of sp³-hybridized carbons (Fsp3) is 0.889. The largest absolute Gasteiger partial charge is 0.338 e. The molecule has 0 aromatic heterocycles. The average molecular weight is 222 g/mol. The van der Waals surface area contributed by atoms with Gasteiger partial charge in [-0.3, -0.25) is 9.36 Å². The quantitative estimate of drug-likeness (QED) is 0.621. The highest BCUT2D eigenvalue weighted by Gasteiger charge is 2.28. The minimum Gasteiger partial charge on any atom is -0.309 e. The summed E-state index contributed by atoms with van der Waals surface area (Å²) in [5, 5.41) is 0. The molecule has 84 valence electrons. The summed E-state index contributed by atoms with van der Waals surface area (Å²) in [6, 6.07) is 0. The summed E-state index contributed by atoms with van der Waals surface area (Å²) < 4.78 is 21.9. The predicted octanol–water partition coefficient (Wildman–Crippen LogP) is 2.48. The first-order valence-corrected chi connectivity index (χ1v) is 6.58. The third-order valence-corrected chi connectivity index (χ3v) is 3.65. The maximum Gasteiger partial charge on any atom is 0.338 e. The first-order chi connectivity index (χ1) is 6.45. The van der Waals surface area contributed by atoms with Crippen molar-refractivity contribution < 1.29 is 18.4 Å². The van der Waals surface area contributed by atoms with Crippen LogP contribution < -0.4 is 0 Å². The fourth-order valence-corrected chi connectivity index (χ4v) is 2.69. The number of carbonyl (C=O) groups excluding carboxylic acids is 1. The lowest BCUT2D eigenvalue weighted by Crippen LogP contribution is -2.15. The minimum absolute atomic E-state index is 0.0877. The molecule has 14 heavy (non-hydrogen) atoms. The van der Waals surface area contributed by atoms with Crippen molar-refractivity contribution in [1.29, 1.82) is 0 Å². The second-order valence-corrected chi connectivity index (χ2v) is 5.28. The standard InChI is InChI=1S/C9H19O4P/c1-5-12-14(11,13-6-2)7-9(10)8(3)4/h8H,5-7H2,1-4H3. The van der Waals surface area contributed by atoms with Gasteiger partial charge in [0.25, 0.3) is 0 Å². The summed E-state index contributed by atoms with van der Waals surface area (Å²) in [6.45, 7) is 7.58. The summed E-state index contributed by atoms with van der Waals surface area (Å²) >= 11 is 0. The molecule has 0 saturated heterocycles. The van der Waals surface area contributed by atoms with Gasteiger partial charge in [0, 0.05) is 5.92 Å². The maximum atomic E-state index is 11.9. The van der Waals surface area contributed by atoms with Gasteiger partial charge in [0.05, 0.1) is 13.2 Å². The van der Waals surface area contributed by atoms with Gasteiger partial charge in [-0.1, -0.05) is 13.8 Å². The Balaban J connectivity index is 4.36. The van der Waals surface area contributed by atoms with Crippen molar-refractivity contribution in [2.45, 2.75) is 27.7 Å². The van der Waals surface area contributed by atoms with Crippen LogP contribution in [0.3, 0.4) is 0 Å². The molecule has 0 radical (unpaired) electrons. The Morgan fingerprint density at radius 1 is 1.21 bits per heavy atom. The number of rotatable bonds is 7. The first-order valence-electron chi connectivity index (χ1n) is 4.86. The molecule has 0 fully saturated rings. The molecule has 0 bridgehead atoms. The Bertz CT molecular complexity index is 215. The summed E-state index contributed by atoms with van der Waals surface area (Å²) in [5.74, 6) is -0.223. The van der Waals surface area contributed by atoms with Crippen molar-refractivity contribution in [3.8, 4) is 0 Å². The normalized spacial score (nSPS) is 12.1. The molecule has 4 nitrogen and oxygen atoms in total. The monoisotopic (exact) mass is 222 g/mol. The molecular weight excluding hydrogens is 203 g/mol. The van der Waals surface area contributed by atoms with Crippen molar-refractivity contribution in [1.82, 2.24) is 0 Å². The number of Topliss-reactive ketones (excluding diaryl/α,β-unsaturated/α-hetero) is 1. The Labute approximate surface area is 85.5 Å². The second-order valence-electron chi connectivity index (χ2n) is 3.23. The van der Waals surface area contributed by atoms with Crippen LogP contribution in [0, 0.1) is 5.92 Å². The molecule has 0 aromatic rings. The van der Waals surface area contributed by atoms with Crippen molar-refractivity contribution in [2.75, 3.05) is 19.4 Å². The van der Waals surface area contributed by atoms with E-state index in [0.717, 1.165) is 0 Å². The summed E-state index contributed by atoms with van der Waals surface area (Å²) in [6.07, 6.45) is -0.119. The van der Waals surface area contributed by atoms with Crippen LogP contribution >= 0.6 is 7.60 Å². The Morgan fingerprint density at radius 3 is 1.93 bits per heavy atom. The smallest absolute Gasteiger partial charge is 0.309 e. The van der Waals surface area contributed by atoms with Gasteiger partial charge in [-0.05, 0) is 13.8 Å².